The molecule has 6 nitrogen and oxygen atoms in total. The minimum absolute atomic E-state index is 0.124. The van der Waals surface area contributed by atoms with Gasteiger partial charge in [0, 0.05) is 32.9 Å². The minimum Gasteiger partial charge on any atom is -0.497 e. The zero-order valence-electron chi connectivity index (χ0n) is 17.3. The van der Waals surface area contributed by atoms with Gasteiger partial charge in [0.15, 0.2) is 0 Å². The van der Waals surface area contributed by atoms with E-state index in [9.17, 15) is 4.79 Å². The number of carbonyl (C=O) groups is 1. The van der Waals surface area contributed by atoms with E-state index in [4.69, 9.17) is 4.74 Å². The molecule has 1 aliphatic heterocycles. The molecule has 152 valence electrons. The number of amides is 1. The van der Waals surface area contributed by atoms with Gasteiger partial charge in [-0.2, -0.15) is 5.10 Å². The summed E-state index contributed by atoms with van der Waals surface area (Å²) in [7, 11) is 3.61. The van der Waals surface area contributed by atoms with Crippen LogP contribution in [0.15, 0.2) is 36.5 Å². The Morgan fingerprint density at radius 1 is 1.29 bits per heavy atom. The lowest BCUT2D eigenvalue weighted by atomic mass is 9.97. The summed E-state index contributed by atoms with van der Waals surface area (Å²) >= 11 is 0. The number of aryl methyl sites for hydroxylation is 1. The Morgan fingerprint density at radius 2 is 2.07 bits per heavy atom. The van der Waals surface area contributed by atoms with E-state index in [1.54, 1.807) is 11.8 Å². The van der Waals surface area contributed by atoms with Crippen LogP contribution in [0.4, 0.5) is 0 Å². The molecule has 3 rings (SSSR count). The number of carbonyl (C=O) groups excluding carboxylic acids is 1. The van der Waals surface area contributed by atoms with Crippen molar-refractivity contribution >= 4 is 5.91 Å². The summed E-state index contributed by atoms with van der Waals surface area (Å²) in [6.45, 7) is 6.35. The largest absolute Gasteiger partial charge is 0.497 e. The molecular formula is C22H32N4O2. The molecule has 2 heterocycles. The molecule has 2 aromatic rings. The van der Waals surface area contributed by atoms with Crippen molar-refractivity contribution in [3.8, 4) is 5.75 Å². The summed E-state index contributed by atoms with van der Waals surface area (Å²) in [6.07, 6.45) is 5.30. The smallest absolute Gasteiger partial charge is 0.244 e. The average Bonchev–Trinajstić information content (AvgIpc) is 3.11. The van der Waals surface area contributed by atoms with Gasteiger partial charge in [0.25, 0.3) is 0 Å². The lowest BCUT2D eigenvalue weighted by Gasteiger charge is -2.34. The predicted octanol–water partition coefficient (Wildman–Crippen LogP) is 2.61. The molecule has 0 bridgehead atoms. The van der Waals surface area contributed by atoms with Crippen molar-refractivity contribution in [2.75, 3.05) is 40.3 Å². The lowest BCUT2D eigenvalue weighted by molar-refractivity contribution is -0.131. The molecule has 0 saturated carbocycles. The molecule has 1 unspecified atom stereocenters. The van der Waals surface area contributed by atoms with Crippen LogP contribution in [0.25, 0.3) is 0 Å². The fourth-order valence-electron chi connectivity index (χ4n) is 3.88. The number of hydrogen-bond donors (Lipinski definition) is 0. The Labute approximate surface area is 168 Å². The Morgan fingerprint density at radius 3 is 2.75 bits per heavy atom. The second-order valence-electron chi connectivity index (χ2n) is 7.84. The van der Waals surface area contributed by atoms with Crippen LogP contribution in [0.2, 0.25) is 0 Å². The Bertz CT molecular complexity index is 756. The van der Waals surface area contributed by atoms with E-state index >= 15 is 0 Å². The maximum atomic E-state index is 12.5. The number of piperidine rings is 1. The molecule has 28 heavy (non-hydrogen) atoms. The van der Waals surface area contributed by atoms with E-state index in [0.717, 1.165) is 44.0 Å². The first-order valence-electron chi connectivity index (χ1n) is 10.1. The van der Waals surface area contributed by atoms with Gasteiger partial charge >= 0.3 is 0 Å². The standard InChI is InChI=1S/C22H32N4O2/c1-18-10-14-26(23-18)17-22(27)24(2)15-20-5-4-12-25(16-20)13-11-19-6-8-21(28-3)9-7-19/h6-10,14,20H,4-5,11-13,15-17H2,1-3H3. The molecule has 1 atom stereocenters. The molecule has 0 N–H and O–H groups in total. The van der Waals surface area contributed by atoms with Crippen molar-refractivity contribution in [2.45, 2.75) is 32.7 Å². The van der Waals surface area contributed by atoms with Crippen LogP contribution in [0.5, 0.6) is 5.75 Å². The number of ether oxygens (including phenoxy) is 1. The zero-order valence-corrected chi connectivity index (χ0v) is 17.3. The van der Waals surface area contributed by atoms with Gasteiger partial charge in [-0.25, -0.2) is 0 Å². The maximum absolute atomic E-state index is 12.5. The third kappa shape index (κ3) is 5.83. The van der Waals surface area contributed by atoms with Crippen LogP contribution in [-0.2, 0) is 17.8 Å². The summed E-state index contributed by atoms with van der Waals surface area (Å²) in [6, 6.07) is 10.3. The van der Waals surface area contributed by atoms with Gasteiger partial charge in [-0.1, -0.05) is 12.1 Å². The number of likely N-dealkylation sites (tertiary alicyclic amines) is 1. The average molecular weight is 385 g/mol. The van der Waals surface area contributed by atoms with E-state index in [-0.39, 0.29) is 5.91 Å². The van der Waals surface area contributed by atoms with E-state index in [0.29, 0.717) is 12.5 Å². The van der Waals surface area contributed by atoms with E-state index < -0.39 is 0 Å². The molecule has 1 saturated heterocycles. The molecule has 1 aromatic heterocycles. The molecule has 1 aliphatic rings. The van der Waals surface area contributed by atoms with Crippen molar-refractivity contribution < 1.29 is 9.53 Å². The number of aromatic nitrogens is 2. The number of nitrogens with zero attached hydrogens (tertiary/aromatic N) is 4. The highest BCUT2D eigenvalue weighted by atomic mass is 16.5. The Balaban J connectivity index is 1.43. The monoisotopic (exact) mass is 384 g/mol. The molecule has 1 amide bonds. The summed E-state index contributed by atoms with van der Waals surface area (Å²) in [5, 5.41) is 4.31. The fourth-order valence-corrected chi connectivity index (χ4v) is 3.88. The molecule has 0 aliphatic carbocycles. The fraction of sp³-hybridized carbons (Fsp3) is 0.545. The van der Waals surface area contributed by atoms with Gasteiger partial charge in [0.1, 0.15) is 12.3 Å². The van der Waals surface area contributed by atoms with Crippen molar-refractivity contribution in [1.82, 2.24) is 19.6 Å². The van der Waals surface area contributed by atoms with Crippen LogP contribution >= 0.6 is 0 Å². The molecule has 0 radical (unpaired) electrons. The molecule has 0 spiro atoms. The van der Waals surface area contributed by atoms with Gasteiger partial charge in [-0.3, -0.25) is 9.48 Å². The van der Waals surface area contributed by atoms with Gasteiger partial charge in [0.2, 0.25) is 5.91 Å². The summed E-state index contributed by atoms with van der Waals surface area (Å²) in [5.41, 5.74) is 2.28. The highest BCUT2D eigenvalue weighted by Gasteiger charge is 2.22. The summed E-state index contributed by atoms with van der Waals surface area (Å²) < 4.78 is 6.94. The minimum atomic E-state index is 0.124. The van der Waals surface area contributed by atoms with Gasteiger partial charge in [-0.15, -0.1) is 0 Å². The van der Waals surface area contributed by atoms with Crippen molar-refractivity contribution in [1.29, 1.82) is 0 Å². The van der Waals surface area contributed by atoms with Crippen LogP contribution in [-0.4, -0.2) is 65.8 Å². The van der Waals surface area contributed by atoms with Crippen LogP contribution in [0.3, 0.4) is 0 Å². The van der Waals surface area contributed by atoms with E-state index in [2.05, 4.69) is 22.1 Å². The molecular weight excluding hydrogens is 352 g/mol. The zero-order chi connectivity index (χ0) is 19.9. The first kappa shape index (κ1) is 20.4. The number of benzene rings is 1. The van der Waals surface area contributed by atoms with Crippen LogP contribution in [0.1, 0.15) is 24.1 Å². The predicted molar refractivity (Wildman–Crippen MR) is 110 cm³/mol. The topological polar surface area (TPSA) is 50.6 Å². The SMILES string of the molecule is COc1ccc(CCN2CCCC(CN(C)C(=O)Cn3ccc(C)n3)C2)cc1. The first-order chi connectivity index (χ1) is 13.5. The van der Waals surface area contributed by atoms with Gasteiger partial charge < -0.3 is 14.5 Å². The molecule has 1 aromatic carbocycles. The maximum Gasteiger partial charge on any atom is 0.244 e. The number of rotatable bonds is 8. The number of methoxy groups -OCH3 is 1. The summed E-state index contributed by atoms with van der Waals surface area (Å²) in [5.74, 6) is 1.57. The van der Waals surface area contributed by atoms with Crippen LogP contribution < -0.4 is 4.74 Å². The third-order valence-corrected chi connectivity index (χ3v) is 5.51. The first-order valence-corrected chi connectivity index (χ1v) is 10.1. The number of likely N-dealkylation sites (N-methyl/N-ethyl adjacent to an activating group) is 1. The van der Waals surface area contributed by atoms with E-state index in [1.165, 1.54) is 18.4 Å². The highest BCUT2D eigenvalue weighted by Crippen LogP contribution is 2.19. The van der Waals surface area contributed by atoms with Gasteiger partial charge in [-0.05, 0) is 62.4 Å². The third-order valence-electron chi connectivity index (χ3n) is 5.51. The van der Waals surface area contributed by atoms with Gasteiger partial charge in [0.05, 0.1) is 12.8 Å². The van der Waals surface area contributed by atoms with Crippen molar-refractivity contribution in [3.05, 3.63) is 47.8 Å². The Kier molecular flexibility index (Phi) is 7.09. The van der Waals surface area contributed by atoms with Crippen molar-refractivity contribution in [2.24, 2.45) is 5.92 Å². The van der Waals surface area contributed by atoms with Crippen molar-refractivity contribution in [3.63, 3.8) is 0 Å². The summed E-state index contributed by atoms with van der Waals surface area (Å²) in [4.78, 5) is 16.9. The normalized spacial score (nSPS) is 17.5. The second kappa shape index (κ2) is 9.73. The second-order valence-corrected chi connectivity index (χ2v) is 7.84. The Hall–Kier alpha value is -2.34. The molecule has 1 fully saturated rings. The highest BCUT2D eigenvalue weighted by molar-refractivity contribution is 5.75. The molecule has 6 heteroatoms. The van der Waals surface area contributed by atoms with E-state index in [1.807, 2.05) is 43.3 Å². The lowest BCUT2D eigenvalue weighted by Crippen LogP contribution is -2.42. The number of hydrogen-bond acceptors (Lipinski definition) is 4. The quantitative estimate of drug-likeness (QED) is 0.702. The van der Waals surface area contributed by atoms with Crippen LogP contribution in [0, 0.1) is 12.8 Å².